The van der Waals surface area contributed by atoms with Crippen LogP contribution in [0.1, 0.15) is 29.8 Å². The standard InChI is InChI=1S/C22H24N4O/c1-15(2)14-24-22(27)18-5-4-6-19(13-18)25-20-11-12-23-21(26-20)17-9-7-16(3)8-10-17/h4-13,15H,14H2,1-3H3,(H,24,27)(H,23,25,26). The maximum Gasteiger partial charge on any atom is 0.251 e. The molecular weight excluding hydrogens is 336 g/mol. The van der Waals surface area contributed by atoms with Crippen LogP contribution >= 0.6 is 0 Å². The van der Waals surface area contributed by atoms with Crippen LogP contribution in [0.25, 0.3) is 11.4 Å². The van der Waals surface area contributed by atoms with Crippen LogP contribution in [0.5, 0.6) is 0 Å². The molecule has 0 saturated heterocycles. The van der Waals surface area contributed by atoms with Gasteiger partial charge in [-0.1, -0.05) is 49.7 Å². The maximum atomic E-state index is 12.3. The Labute approximate surface area is 159 Å². The van der Waals surface area contributed by atoms with Crippen LogP contribution in [-0.4, -0.2) is 22.4 Å². The minimum absolute atomic E-state index is 0.0737. The molecule has 2 N–H and O–H groups in total. The number of nitrogens with one attached hydrogen (secondary N) is 2. The molecular formula is C22H24N4O. The van der Waals surface area contributed by atoms with Gasteiger partial charge in [-0.05, 0) is 37.1 Å². The molecule has 0 atom stereocenters. The molecule has 0 radical (unpaired) electrons. The van der Waals surface area contributed by atoms with E-state index in [1.54, 1.807) is 12.3 Å². The number of benzene rings is 2. The number of hydrogen-bond acceptors (Lipinski definition) is 4. The van der Waals surface area contributed by atoms with Gasteiger partial charge in [0, 0.05) is 29.6 Å². The van der Waals surface area contributed by atoms with Crippen LogP contribution in [-0.2, 0) is 0 Å². The first-order valence-corrected chi connectivity index (χ1v) is 9.06. The number of carbonyl (C=O) groups excluding carboxylic acids is 1. The van der Waals surface area contributed by atoms with Crippen molar-refractivity contribution < 1.29 is 4.79 Å². The Morgan fingerprint density at radius 1 is 1.07 bits per heavy atom. The lowest BCUT2D eigenvalue weighted by molar-refractivity contribution is 0.0949. The van der Waals surface area contributed by atoms with Gasteiger partial charge in [-0.2, -0.15) is 0 Å². The van der Waals surface area contributed by atoms with Crippen molar-refractivity contribution in [2.24, 2.45) is 5.92 Å². The van der Waals surface area contributed by atoms with Crippen molar-refractivity contribution in [2.45, 2.75) is 20.8 Å². The number of aryl methyl sites for hydroxylation is 1. The Bertz CT molecular complexity index is 920. The molecule has 5 heteroatoms. The van der Waals surface area contributed by atoms with Crippen LogP contribution in [0.2, 0.25) is 0 Å². The highest BCUT2D eigenvalue weighted by atomic mass is 16.1. The van der Waals surface area contributed by atoms with Crippen molar-refractivity contribution in [3.63, 3.8) is 0 Å². The maximum absolute atomic E-state index is 12.3. The van der Waals surface area contributed by atoms with Crippen molar-refractivity contribution in [1.29, 1.82) is 0 Å². The normalized spacial score (nSPS) is 10.7. The zero-order chi connectivity index (χ0) is 19.2. The lowest BCUT2D eigenvalue weighted by atomic mass is 10.1. The molecule has 0 aliphatic rings. The number of amides is 1. The summed E-state index contributed by atoms with van der Waals surface area (Å²) in [6.45, 7) is 6.84. The fourth-order valence-electron chi connectivity index (χ4n) is 2.55. The predicted molar refractivity (Wildman–Crippen MR) is 109 cm³/mol. The van der Waals surface area contributed by atoms with Gasteiger partial charge in [0.2, 0.25) is 0 Å². The highest BCUT2D eigenvalue weighted by Crippen LogP contribution is 2.20. The molecule has 2 aromatic carbocycles. The molecule has 138 valence electrons. The number of anilines is 2. The van der Waals surface area contributed by atoms with Crippen LogP contribution in [0.4, 0.5) is 11.5 Å². The average Bonchev–Trinajstić information content (AvgIpc) is 2.67. The van der Waals surface area contributed by atoms with E-state index in [1.807, 2.05) is 55.5 Å². The Morgan fingerprint density at radius 3 is 2.59 bits per heavy atom. The summed E-state index contributed by atoms with van der Waals surface area (Å²) in [7, 11) is 0. The van der Waals surface area contributed by atoms with Crippen molar-refractivity contribution in [1.82, 2.24) is 15.3 Å². The second-order valence-corrected chi connectivity index (χ2v) is 6.94. The molecule has 1 amide bonds. The number of carbonyl (C=O) groups is 1. The zero-order valence-electron chi connectivity index (χ0n) is 15.9. The van der Waals surface area contributed by atoms with Crippen molar-refractivity contribution in [3.8, 4) is 11.4 Å². The summed E-state index contributed by atoms with van der Waals surface area (Å²) in [4.78, 5) is 21.2. The third-order valence-electron chi connectivity index (χ3n) is 4.03. The van der Waals surface area contributed by atoms with Gasteiger partial charge >= 0.3 is 0 Å². The number of aromatic nitrogens is 2. The fraction of sp³-hybridized carbons (Fsp3) is 0.227. The second kappa shape index (κ2) is 8.45. The Morgan fingerprint density at radius 2 is 1.85 bits per heavy atom. The Hall–Kier alpha value is -3.21. The van der Waals surface area contributed by atoms with Crippen molar-refractivity contribution in [2.75, 3.05) is 11.9 Å². The molecule has 3 aromatic rings. The first kappa shape index (κ1) is 18.6. The van der Waals surface area contributed by atoms with E-state index in [0.29, 0.717) is 29.7 Å². The van der Waals surface area contributed by atoms with Crippen LogP contribution < -0.4 is 10.6 Å². The third kappa shape index (κ3) is 5.14. The van der Waals surface area contributed by atoms with Crippen LogP contribution in [0, 0.1) is 12.8 Å². The van der Waals surface area contributed by atoms with Gasteiger partial charge in [0.15, 0.2) is 5.82 Å². The Balaban J connectivity index is 1.76. The minimum atomic E-state index is -0.0737. The summed E-state index contributed by atoms with van der Waals surface area (Å²) < 4.78 is 0. The third-order valence-corrected chi connectivity index (χ3v) is 4.03. The van der Waals surface area contributed by atoms with Gasteiger partial charge in [0.1, 0.15) is 5.82 Å². The summed E-state index contributed by atoms with van der Waals surface area (Å²) in [5.41, 5.74) is 3.58. The monoisotopic (exact) mass is 360 g/mol. The van der Waals surface area contributed by atoms with Gasteiger partial charge in [0.05, 0.1) is 0 Å². The average molecular weight is 360 g/mol. The van der Waals surface area contributed by atoms with Crippen molar-refractivity contribution >= 4 is 17.4 Å². The van der Waals surface area contributed by atoms with Gasteiger partial charge < -0.3 is 10.6 Å². The summed E-state index contributed by atoms with van der Waals surface area (Å²) >= 11 is 0. The molecule has 27 heavy (non-hydrogen) atoms. The summed E-state index contributed by atoms with van der Waals surface area (Å²) in [6, 6.07) is 17.3. The molecule has 0 bridgehead atoms. The predicted octanol–water partition coefficient (Wildman–Crippen LogP) is 4.58. The van der Waals surface area contributed by atoms with E-state index < -0.39 is 0 Å². The number of rotatable bonds is 6. The number of hydrogen-bond donors (Lipinski definition) is 2. The van der Waals surface area contributed by atoms with Crippen LogP contribution in [0.15, 0.2) is 60.8 Å². The van der Waals surface area contributed by atoms with Gasteiger partial charge in [-0.3, -0.25) is 4.79 Å². The fourth-order valence-corrected chi connectivity index (χ4v) is 2.55. The lowest BCUT2D eigenvalue weighted by Crippen LogP contribution is -2.27. The topological polar surface area (TPSA) is 66.9 Å². The van der Waals surface area contributed by atoms with E-state index in [2.05, 4.69) is 34.4 Å². The van der Waals surface area contributed by atoms with E-state index in [1.165, 1.54) is 5.56 Å². The van der Waals surface area contributed by atoms with Gasteiger partial charge in [-0.15, -0.1) is 0 Å². The number of nitrogens with zero attached hydrogens (tertiary/aromatic N) is 2. The molecule has 1 aromatic heterocycles. The Kier molecular flexibility index (Phi) is 5.81. The highest BCUT2D eigenvalue weighted by molar-refractivity contribution is 5.95. The summed E-state index contributed by atoms with van der Waals surface area (Å²) in [5.74, 6) is 1.68. The lowest BCUT2D eigenvalue weighted by Gasteiger charge is -2.10. The minimum Gasteiger partial charge on any atom is -0.352 e. The summed E-state index contributed by atoms with van der Waals surface area (Å²) in [5, 5.41) is 6.19. The largest absolute Gasteiger partial charge is 0.352 e. The van der Waals surface area contributed by atoms with E-state index in [9.17, 15) is 4.79 Å². The van der Waals surface area contributed by atoms with E-state index in [4.69, 9.17) is 0 Å². The molecule has 0 spiro atoms. The first-order valence-electron chi connectivity index (χ1n) is 9.06. The molecule has 0 aliphatic heterocycles. The highest BCUT2D eigenvalue weighted by Gasteiger charge is 2.08. The van der Waals surface area contributed by atoms with E-state index in [0.717, 1.165) is 11.3 Å². The van der Waals surface area contributed by atoms with Crippen LogP contribution in [0.3, 0.4) is 0 Å². The molecule has 0 unspecified atom stereocenters. The van der Waals surface area contributed by atoms with E-state index in [-0.39, 0.29) is 5.91 Å². The van der Waals surface area contributed by atoms with E-state index >= 15 is 0 Å². The molecule has 0 saturated carbocycles. The molecule has 0 fully saturated rings. The van der Waals surface area contributed by atoms with Gasteiger partial charge in [0.25, 0.3) is 5.91 Å². The van der Waals surface area contributed by atoms with Gasteiger partial charge in [-0.25, -0.2) is 9.97 Å². The zero-order valence-corrected chi connectivity index (χ0v) is 15.9. The molecule has 5 nitrogen and oxygen atoms in total. The summed E-state index contributed by atoms with van der Waals surface area (Å²) in [6.07, 6.45) is 1.73. The molecule has 0 aliphatic carbocycles. The van der Waals surface area contributed by atoms with Crippen molar-refractivity contribution in [3.05, 3.63) is 71.9 Å². The quantitative estimate of drug-likeness (QED) is 0.675. The second-order valence-electron chi connectivity index (χ2n) is 6.94. The molecule has 1 heterocycles. The first-order chi connectivity index (χ1) is 13.0. The SMILES string of the molecule is Cc1ccc(-c2nccc(Nc3cccc(C(=O)NCC(C)C)c3)n2)cc1. The smallest absolute Gasteiger partial charge is 0.251 e. The molecule has 3 rings (SSSR count).